The highest BCUT2D eigenvalue weighted by atomic mass is 35.5. The van der Waals surface area contributed by atoms with Gasteiger partial charge in [-0.15, -0.1) is 11.3 Å². The van der Waals surface area contributed by atoms with Crippen LogP contribution in [0.4, 0.5) is 5.13 Å². The van der Waals surface area contributed by atoms with Gasteiger partial charge in [0.05, 0.1) is 11.3 Å². The summed E-state index contributed by atoms with van der Waals surface area (Å²) in [7, 11) is 0. The van der Waals surface area contributed by atoms with Crippen molar-refractivity contribution in [3.8, 4) is 5.75 Å². The molecule has 2 amide bonds. The molecule has 3 N–H and O–H groups in total. The Morgan fingerprint density at radius 2 is 2.24 bits per heavy atom. The van der Waals surface area contributed by atoms with E-state index in [9.17, 15) is 9.59 Å². The zero-order chi connectivity index (χ0) is 15.4. The van der Waals surface area contributed by atoms with Gasteiger partial charge in [-0.3, -0.25) is 14.9 Å². The van der Waals surface area contributed by atoms with Crippen molar-refractivity contribution in [1.82, 2.24) is 4.98 Å². The molecule has 6 nitrogen and oxygen atoms in total. The minimum absolute atomic E-state index is 0.125. The molecule has 1 heterocycles. The van der Waals surface area contributed by atoms with Gasteiger partial charge in [0.15, 0.2) is 11.7 Å². The first kappa shape index (κ1) is 15.3. The highest BCUT2D eigenvalue weighted by molar-refractivity contribution is 7.13. The van der Waals surface area contributed by atoms with E-state index in [1.807, 2.05) is 12.3 Å². The molecular formula is C13H12ClN3O3S. The van der Waals surface area contributed by atoms with E-state index in [2.05, 4.69) is 10.3 Å². The van der Waals surface area contributed by atoms with E-state index < -0.39 is 5.91 Å². The lowest BCUT2D eigenvalue weighted by Crippen LogP contribution is -2.21. The lowest BCUT2D eigenvalue weighted by Gasteiger charge is -2.09. The van der Waals surface area contributed by atoms with E-state index in [1.54, 1.807) is 6.07 Å². The fraction of sp³-hybridized carbons (Fsp3) is 0.154. The maximum absolute atomic E-state index is 11.7. The van der Waals surface area contributed by atoms with Crippen LogP contribution >= 0.6 is 22.9 Å². The van der Waals surface area contributed by atoms with Crippen molar-refractivity contribution in [2.75, 3.05) is 11.9 Å². The fourth-order valence-corrected chi connectivity index (χ4v) is 2.41. The smallest absolute Gasteiger partial charge is 0.264 e. The lowest BCUT2D eigenvalue weighted by molar-refractivity contribution is -0.118. The zero-order valence-corrected chi connectivity index (χ0v) is 12.6. The number of hydrogen-bond acceptors (Lipinski definition) is 5. The van der Waals surface area contributed by atoms with E-state index in [1.165, 1.54) is 23.5 Å². The van der Waals surface area contributed by atoms with Crippen LogP contribution in [0.1, 0.15) is 16.1 Å². The second kappa shape index (κ2) is 6.55. The molecule has 1 aromatic carbocycles. The van der Waals surface area contributed by atoms with Crippen molar-refractivity contribution in [2.45, 2.75) is 6.92 Å². The Kier molecular flexibility index (Phi) is 4.77. The maximum Gasteiger partial charge on any atom is 0.264 e. The van der Waals surface area contributed by atoms with Crippen molar-refractivity contribution in [1.29, 1.82) is 0 Å². The van der Waals surface area contributed by atoms with Gasteiger partial charge in [0.2, 0.25) is 0 Å². The summed E-state index contributed by atoms with van der Waals surface area (Å²) in [6.07, 6.45) is 0. The van der Waals surface area contributed by atoms with Gasteiger partial charge in [-0.1, -0.05) is 11.6 Å². The third kappa shape index (κ3) is 4.17. The molecule has 0 aliphatic rings. The summed E-state index contributed by atoms with van der Waals surface area (Å²) in [6.45, 7) is 1.57. The Morgan fingerprint density at radius 3 is 2.86 bits per heavy atom. The number of aryl methyl sites for hydroxylation is 1. The van der Waals surface area contributed by atoms with Crippen LogP contribution in [0.5, 0.6) is 5.75 Å². The molecule has 0 atom stereocenters. The van der Waals surface area contributed by atoms with E-state index in [0.717, 1.165) is 5.69 Å². The molecule has 0 aliphatic carbocycles. The summed E-state index contributed by atoms with van der Waals surface area (Å²) in [5, 5.41) is 5.27. The highest BCUT2D eigenvalue weighted by Gasteiger charge is 2.12. The average Bonchev–Trinajstić information content (AvgIpc) is 2.82. The second-order valence-corrected chi connectivity index (χ2v) is 5.43. The predicted molar refractivity (Wildman–Crippen MR) is 80.9 cm³/mol. The van der Waals surface area contributed by atoms with Crippen molar-refractivity contribution in [3.63, 3.8) is 0 Å². The largest absolute Gasteiger partial charge is 0.483 e. The number of nitrogens with one attached hydrogen (secondary N) is 1. The number of carbonyl (C=O) groups is 2. The highest BCUT2D eigenvalue weighted by Crippen LogP contribution is 2.22. The van der Waals surface area contributed by atoms with Crippen molar-refractivity contribution in [3.05, 3.63) is 39.9 Å². The average molecular weight is 326 g/mol. The Balaban J connectivity index is 1.99. The summed E-state index contributed by atoms with van der Waals surface area (Å²) in [4.78, 5) is 27.1. The molecule has 21 heavy (non-hydrogen) atoms. The SMILES string of the molecule is Cc1csc(NC(=O)COc2ccc(Cl)cc2C(N)=O)n1. The van der Waals surface area contributed by atoms with Gasteiger partial charge in [0.1, 0.15) is 5.75 Å². The third-order valence-corrected chi connectivity index (χ3v) is 3.54. The Bertz CT molecular complexity index is 687. The number of primary amides is 1. The van der Waals surface area contributed by atoms with Crippen molar-refractivity contribution in [2.24, 2.45) is 5.73 Å². The number of rotatable bonds is 5. The quantitative estimate of drug-likeness (QED) is 0.881. The number of carbonyl (C=O) groups excluding carboxylic acids is 2. The molecular weight excluding hydrogens is 314 g/mol. The first-order valence-electron chi connectivity index (χ1n) is 5.90. The number of aromatic nitrogens is 1. The van der Waals surface area contributed by atoms with Crippen LogP contribution in [0.25, 0.3) is 0 Å². The molecule has 0 radical (unpaired) electrons. The summed E-state index contributed by atoms with van der Waals surface area (Å²) in [5.74, 6) is -0.851. The van der Waals surface area contributed by atoms with Gasteiger partial charge < -0.3 is 10.5 Å². The van der Waals surface area contributed by atoms with Crippen LogP contribution in [0.2, 0.25) is 5.02 Å². The Labute approximate surface area is 129 Å². The first-order chi connectivity index (χ1) is 9.95. The normalized spacial score (nSPS) is 10.2. The molecule has 2 rings (SSSR count). The number of ether oxygens (including phenoxy) is 1. The van der Waals surface area contributed by atoms with Crippen LogP contribution in [-0.4, -0.2) is 23.4 Å². The summed E-state index contributed by atoms with van der Waals surface area (Å²) in [6, 6.07) is 4.43. The lowest BCUT2D eigenvalue weighted by atomic mass is 10.2. The monoisotopic (exact) mass is 325 g/mol. The van der Waals surface area contributed by atoms with E-state index in [4.69, 9.17) is 22.1 Å². The molecule has 0 spiro atoms. The molecule has 0 unspecified atom stereocenters. The zero-order valence-electron chi connectivity index (χ0n) is 11.1. The van der Waals surface area contributed by atoms with Crippen LogP contribution in [0.15, 0.2) is 23.6 Å². The number of thiazole rings is 1. The number of hydrogen-bond donors (Lipinski definition) is 2. The molecule has 8 heteroatoms. The van der Waals surface area contributed by atoms with E-state index in [-0.39, 0.29) is 23.8 Å². The number of amides is 2. The van der Waals surface area contributed by atoms with Crippen LogP contribution in [-0.2, 0) is 4.79 Å². The minimum Gasteiger partial charge on any atom is -0.483 e. The van der Waals surface area contributed by atoms with Crippen LogP contribution in [0, 0.1) is 6.92 Å². The number of anilines is 1. The van der Waals surface area contributed by atoms with Gasteiger partial charge >= 0.3 is 0 Å². The van der Waals surface area contributed by atoms with Gasteiger partial charge in [-0.25, -0.2) is 4.98 Å². The Hall–Kier alpha value is -2.12. The van der Waals surface area contributed by atoms with E-state index >= 15 is 0 Å². The number of nitrogens with zero attached hydrogens (tertiary/aromatic N) is 1. The first-order valence-corrected chi connectivity index (χ1v) is 7.15. The molecule has 110 valence electrons. The van der Waals surface area contributed by atoms with Crippen LogP contribution < -0.4 is 15.8 Å². The third-order valence-electron chi connectivity index (χ3n) is 2.43. The van der Waals surface area contributed by atoms with Crippen molar-refractivity contribution >= 4 is 39.9 Å². The standard InChI is InChI=1S/C13H12ClN3O3S/c1-7-6-21-13(16-7)17-11(18)5-20-10-3-2-8(14)4-9(10)12(15)19/h2-4,6H,5H2,1H3,(H2,15,19)(H,16,17,18). The second-order valence-electron chi connectivity index (χ2n) is 4.14. The molecule has 0 saturated carbocycles. The van der Waals surface area contributed by atoms with Gasteiger partial charge in [0.25, 0.3) is 11.8 Å². The molecule has 1 aromatic heterocycles. The number of nitrogens with two attached hydrogens (primary N) is 1. The molecule has 0 bridgehead atoms. The van der Waals surface area contributed by atoms with Gasteiger partial charge in [-0.2, -0.15) is 0 Å². The summed E-state index contributed by atoms with van der Waals surface area (Å²) < 4.78 is 5.30. The molecule has 2 aromatic rings. The minimum atomic E-state index is -0.677. The topological polar surface area (TPSA) is 94.3 Å². The molecule has 0 aliphatic heterocycles. The summed E-state index contributed by atoms with van der Waals surface area (Å²) >= 11 is 7.10. The maximum atomic E-state index is 11.7. The van der Waals surface area contributed by atoms with Crippen LogP contribution in [0.3, 0.4) is 0 Å². The number of benzene rings is 1. The molecule has 0 saturated heterocycles. The molecule has 0 fully saturated rings. The van der Waals surface area contributed by atoms with Crippen molar-refractivity contribution < 1.29 is 14.3 Å². The summed E-state index contributed by atoms with van der Waals surface area (Å²) in [5.41, 5.74) is 6.18. The Morgan fingerprint density at radius 1 is 1.48 bits per heavy atom. The predicted octanol–water partition coefficient (Wildman–Crippen LogP) is 2.22. The van der Waals surface area contributed by atoms with E-state index in [0.29, 0.717) is 10.2 Å². The fourth-order valence-electron chi connectivity index (χ4n) is 1.53. The number of halogens is 1. The van der Waals surface area contributed by atoms with Gasteiger partial charge in [0, 0.05) is 10.4 Å². The van der Waals surface area contributed by atoms with Gasteiger partial charge in [-0.05, 0) is 25.1 Å².